The van der Waals surface area contributed by atoms with Gasteiger partial charge in [0.05, 0.1) is 14.2 Å². The zero-order valence-corrected chi connectivity index (χ0v) is 21.0. The molecule has 5 rings (SSSR count). The van der Waals surface area contributed by atoms with Gasteiger partial charge in [-0.05, 0) is 32.5 Å². The molecule has 36 heavy (non-hydrogen) atoms. The maximum atomic E-state index is 5.57. The first kappa shape index (κ1) is 23.4. The van der Waals surface area contributed by atoms with Gasteiger partial charge in [0.15, 0.2) is 11.3 Å². The summed E-state index contributed by atoms with van der Waals surface area (Å²) >= 11 is 0. The second-order valence-corrected chi connectivity index (χ2v) is 9.76. The SMILES string of the molecule is COc1nnc(OC)c2c1nc(CC(C)(C)C)n2Cc1ccc(-c2ccccc2-c2nnn[nH]2)cc1. The Kier molecular flexibility index (Phi) is 6.09. The summed E-state index contributed by atoms with van der Waals surface area (Å²) in [7, 11) is 3.16. The van der Waals surface area contributed by atoms with Crippen LogP contribution in [0.3, 0.4) is 0 Å². The zero-order valence-electron chi connectivity index (χ0n) is 21.0. The van der Waals surface area contributed by atoms with E-state index in [9.17, 15) is 0 Å². The molecule has 0 aliphatic heterocycles. The third-order valence-corrected chi connectivity index (χ3v) is 5.89. The van der Waals surface area contributed by atoms with Crippen LogP contribution in [-0.4, -0.2) is 54.6 Å². The standard InChI is InChI=1S/C26H28N8O2/c1-26(2,3)14-20-27-21-22(25(36-5)31-30-24(21)35-4)34(20)15-16-10-12-17(13-11-16)18-8-6-7-9-19(18)23-28-32-33-29-23/h6-13H,14-15H2,1-5H3,(H,28,29,32,33). The van der Waals surface area contributed by atoms with E-state index < -0.39 is 0 Å². The molecule has 3 heterocycles. The summed E-state index contributed by atoms with van der Waals surface area (Å²) in [6.45, 7) is 7.18. The summed E-state index contributed by atoms with van der Waals surface area (Å²) in [5.41, 5.74) is 5.63. The molecule has 10 heteroatoms. The van der Waals surface area contributed by atoms with Gasteiger partial charge >= 0.3 is 0 Å². The lowest BCUT2D eigenvalue weighted by Crippen LogP contribution is -2.15. The first-order valence-corrected chi connectivity index (χ1v) is 11.6. The first-order valence-electron chi connectivity index (χ1n) is 11.6. The second kappa shape index (κ2) is 9.37. The van der Waals surface area contributed by atoms with Crippen LogP contribution in [0.1, 0.15) is 32.2 Å². The lowest BCUT2D eigenvalue weighted by Gasteiger charge is -2.19. The van der Waals surface area contributed by atoms with Crippen molar-refractivity contribution in [3.05, 3.63) is 59.9 Å². The van der Waals surface area contributed by atoms with Gasteiger partial charge in [0.25, 0.3) is 11.8 Å². The number of H-pyrrole nitrogens is 1. The smallest absolute Gasteiger partial charge is 0.261 e. The molecule has 1 N–H and O–H groups in total. The van der Waals surface area contributed by atoms with E-state index in [-0.39, 0.29) is 5.41 Å². The third-order valence-electron chi connectivity index (χ3n) is 5.89. The number of tetrazole rings is 1. The molecule has 0 saturated heterocycles. The number of aromatic amines is 1. The summed E-state index contributed by atoms with van der Waals surface area (Å²) in [5, 5.41) is 22.7. The molecule has 0 radical (unpaired) electrons. The first-order chi connectivity index (χ1) is 17.4. The van der Waals surface area contributed by atoms with Gasteiger partial charge in [0, 0.05) is 18.5 Å². The number of imidazole rings is 1. The van der Waals surface area contributed by atoms with Crippen molar-refractivity contribution in [1.29, 1.82) is 0 Å². The summed E-state index contributed by atoms with van der Waals surface area (Å²) in [5.74, 6) is 2.36. The Morgan fingerprint density at radius 1 is 0.861 bits per heavy atom. The van der Waals surface area contributed by atoms with Gasteiger partial charge in [-0.2, -0.15) is 0 Å². The average Bonchev–Trinajstić information content (AvgIpc) is 3.52. The number of nitrogens with one attached hydrogen (secondary N) is 1. The van der Waals surface area contributed by atoms with Gasteiger partial charge in [-0.3, -0.25) is 0 Å². The number of hydrogen-bond donors (Lipinski definition) is 1. The zero-order chi connectivity index (χ0) is 25.3. The van der Waals surface area contributed by atoms with Crippen molar-refractivity contribution in [3.63, 3.8) is 0 Å². The Morgan fingerprint density at radius 3 is 2.19 bits per heavy atom. The molecule has 0 spiro atoms. The Bertz CT molecular complexity index is 1490. The highest BCUT2D eigenvalue weighted by atomic mass is 16.5. The molecule has 5 aromatic rings. The molecule has 3 aromatic heterocycles. The predicted octanol–water partition coefficient (Wildman–Crippen LogP) is 4.33. The number of hydrogen-bond acceptors (Lipinski definition) is 8. The van der Waals surface area contributed by atoms with Gasteiger partial charge in [-0.15, -0.1) is 15.3 Å². The van der Waals surface area contributed by atoms with E-state index in [2.05, 4.69) is 86.5 Å². The maximum Gasteiger partial charge on any atom is 0.261 e. The van der Waals surface area contributed by atoms with E-state index in [1.54, 1.807) is 14.2 Å². The number of aromatic nitrogens is 8. The molecule has 0 aliphatic carbocycles. The second-order valence-electron chi connectivity index (χ2n) is 9.76. The Balaban J connectivity index is 1.55. The van der Waals surface area contributed by atoms with Crippen LogP contribution in [-0.2, 0) is 13.0 Å². The van der Waals surface area contributed by atoms with Gasteiger partial charge in [0.1, 0.15) is 11.3 Å². The summed E-state index contributed by atoms with van der Waals surface area (Å²) in [6.07, 6.45) is 0.769. The predicted molar refractivity (Wildman–Crippen MR) is 136 cm³/mol. The highest BCUT2D eigenvalue weighted by Gasteiger charge is 2.24. The molecule has 184 valence electrons. The van der Waals surface area contributed by atoms with Crippen molar-refractivity contribution >= 4 is 11.0 Å². The number of ether oxygens (including phenoxy) is 2. The van der Waals surface area contributed by atoms with E-state index in [0.717, 1.165) is 40.0 Å². The lowest BCUT2D eigenvalue weighted by atomic mass is 9.92. The fourth-order valence-electron chi connectivity index (χ4n) is 4.29. The number of fused-ring (bicyclic) bond motifs is 1. The highest BCUT2D eigenvalue weighted by Crippen LogP contribution is 2.34. The minimum Gasteiger partial charge on any atom is -0.478 e. The number of benzene rings is 2. The van der Waals surface area contributed by atoms with Gasteiger partial charge in [0.2, 0.25) is 0 Å². The van der Waals surface area contributed by atoms with E-state index in [1.807, 2.05) is 18.2 Å². The molecule has 0 saturated carbocycles. The van der Waals surface area contributed by atoms with Crippen LogP contribution in [0.5, 0.6) is 11.8 Å². The number of rotatable bonds is 7. The van der Waals surface area contributed by atoms with Gasteiger partial charge < -0.3 is 14.0 Å². The van der Waals surface area contributed by atoms with E-state index >= 15 is 0 Å². The molecule has 10 nitrogen and oxygen atoms in total. The summed E-state index contributed by atoms with van der Waals surface area (Å²) < 4.78 is 13.2. The summed E-state index contributed by atoms with van der Waals surface area (Å²) in [4.78, 5) is 4.91. The van der Waals surface area contributed by atoms with Crippen LogP contribution in [0.2, 0.25) is 0 Å². The molecular weight excluding hydrogens is 456 g/mol. The lowest BCUT2D eigenvalue weighted by molar-refractivity contribution is 0.373. The third kappa shape index (κ3) is 4.49. The van der Waals surface area contributed by atoms with Crippen molar-refractivity contribution in [2.75, 3.05) is 14.2 Å². The van der Waals surface area contributed by atoms with Crippen LogP contribution >= 0.6 is 0 Å². The number of methoxy groups -OCH3 is 2. The highest BCUT2D eigenvalue weighted by molar-refractivity contribution is 5.85. The number of nitrogens with zero attached hydrogens (tertiary/aromatic N) is 7. The molecule has 0 atom stereocenters. The van der Waals surface area contributed by atoms with Crippen molar-refractivity contribution in [3.8, 4) is 34.3 Å². The van der Waals surface area contributed by atoms with E-state index in [1.165, 1.54) is 0 Å². The molecule has 0 unspecified atom stereocenters. The van der Waals surface area contributed by atoms with Crippen LogP contribution in [0.25, 0.3) is 33.5 Å². The monoisotopic (exact) mass is 484 g/mol. The van der Waals surface area contributed by atoms with E-state index in [4.69, 9.17) is 14.5 Å². The van der Waals surface area contributed by atoms with Crippen LogP contribution in [0, 0.1) is 5.41 Å². The van der Waals surface area contributed by atoms with Crippen LogP contribution < -0.4 is 9.47 Å². The Labute approximate surface area is 208 Å². The van der Waals surface area contributed by atoms with Crippen LogP contribution in [0.4, 0.5) is 0 Å². The topological polar surface area (TPSA) is 117 Å². The van der Waals surface area contributed by atoms with Gasteiger partial charge in [-0.25, -0.2) is 10.1 Å². The fourth-order valence-corrected chi connectivity index (χ4v) is 4.29. The fraction of sp³-hybridized carbons (Fsp3) is 0.308. The normalized spacial score (nSPS) is 11.7. The maximum absolute atomic E-state index is 5.57. The average molecular weight is 485 g/mol. The Hall–Kier alpha value is -4.34. The largest absolute Gasteiger partial charge is 0.478 e. The van der Waals surface area contributed by atoms with Crippen molar-refractivity contribution in [2.45, 2.75) is 33.7 Å². The Morgan fingerprint density at radius 2 is 1.56 bits per heavy atom. The minimum atomic E-state index is 0.0313. The molecule has 0 amide bonds. The van der Waals surface area contributed by atoms with Gasteiger partial charge in [-0.1, -0.05) is 69.3 Å². The van der Waals surface area contributed by atoms with Crippen molar-refractivity contribution < 1.29 is 9.47 Å². The van der Waals surface area contributed by atoms with Crippen molar-refractivity contribution in [2.24, 2.45) is 5.41 Å². The quantitative estimate of drug-likeness (QED) is 0.363. The van der Waals surface area contributed by atoms with Crippen LogP contribution in [0.15, 0.2) is 48.5 Å². The van der Waals surface area contributed by atoms with E-state index in [0.29, 0.717) is 29.6 Å². The summed E-state index contributed by atoms with van der Waals surface area (Å²) in [6, 6.07) is 16.5. The molecule has 0 aliphatic rings. The molecular formula is C26H28N8O2. The minimum absolute atomic E-state index is 0.0313. The molecule has 0 bridgehead atoms. The van der Waals surface area contributed by atoms with Crippen molar-refractivity contribution in [1.82, 2.24) is 40.4 Å². The molecule has 2 aromatic carbocycles. The molecule has 0 fully saturated rings.